The van der Waals surface area contributed by atoms with Crippen LogP contribution < -0.4 is 0 Å². The summed E-state index contributed by atoms with van der Waals surface area (Å²) >= 11 is 5.42. The van der Waals surface area contributed by atoms with Gasteiger partial charge in [0.2, 0.25) is 0 Å². The molecule has 0 aromatic carbocycles. The fourth-order valence-corrected chi connectivity index (χ4v) is 3.68. The number of carbonyl (C=O) groups is 1. The highest BCUT2D eigenvalue weighted by Crippen LogP contribution is 2.52. The van der Waals surface area contributed by atoms with Gasteiger partial charge in [-0.2, -0.15) is 0 Å². The minimum absolute atomic E-state index is 0.0442. The summed E-state index contributed by atoms with van der Waals surface area (Å²) in [4.78, 5) is 17.7. The molecule has 2 fully saturated rings. The molecule has 6 nitrogen and oxygen atoms in total. The number of Topliss-reactive ketones (excluding diaryl/α,β-unsaturated/α-hetero) is 1. The highest BCUT2D eigenvalue weighted by molar-refractivity contribution is 6.25. The maximum Gasteiger partial charge on any atom is 0.168 e. The van der Waals surface area contributed by atoms with E-state index in [1.54, 1.807) is 6.08 Å². The van der Waals surface area contributed by atoms with Gasteiger partial charge in [-0.25, -0.2) is 0 Å². The Kier molecular flexibility index (Phi) is 5.27. The van der Waals surface area contributed by atoms with E-state index in [1.165, 1.54) is 5.54 Å². The molecule has 1 aliphatic carbocycles. The predicted molar refractivity (Wildman–Crippen MR) is 89.1 cm³/mol. The van der Waals surface area contributed by atoms with Crippen LogP contribution in [-0.2, 0) is 19.1 Å². The van der Waals surface area contributed by atoms with Crippen molar-refractivity contribution in [3.63, 3.8) is 0 Å². The van der Waals surface area contributed by atoms with Gasteiger partial charge in [0.1, 0.15) is 18.0 Å². The molecule has 24 heavy (non-hydrogen) atoms. The Morgan fingerprint density at radius 1 is 1.54 bits per heavy atom. The Balaban J connectivity index is 1.74. The molecule has 132 valence electrons. The fourth-order valence-electron chi connectivity index (χ4n) is 3.61. The number of allylic oxidation sites excluding steroid dienone is 2. The van der Waals surface area contributed by atoms with E-state index in [2.05, 4.69) is 5.16 Å². The number of ketones is 1. The molecule has 2 aliphatic heterocycles. The Labute approximate surface area is 146 Å². The Bertz CT molecular complexity index is 600. The predicted octanol–water partition coefficient (Wildman–Crippen LogP) is 2.87. The first-order chi connectivity index (χ1) is 11.6. The van der Waals surface area contributed by atoms with Crippen molar-refractivity contribution in [3.8, 4) is 0 Å². The summed E-state index contributed by atoms with van der Waals surface area (Å²) < 4.78 is 11.4. The number of aliphatic hydroxyl groups is 1. The summed E-state index contributed by atoms with van der Waals surface area (Å²) in [5.74, 6) is -0.0881. The standard InChI is InChI=1S/C17H22ClNO5/c1-2-12(19-23-6-3-5-18)16-13(20)8-11(9-14(16)21)17-10-22-7-4-15(17)24-17/h3,5,11,15,20H,2,4,6-10H2,1H3/b5-3+,19-12?. The molecule has 3 rings (SSSR count). The van der Waals surface area contributed by atoms with Crippen LogP contribution in [0.25, 0.3) is 0 Å². The van der Waals surface area contributed by atoms with E-state index < -0.39 is 5.60 Å². The zero-order valence-electron chi connectivity index (χ0n) is 13.7. The van der Waals surface area contributed by atoms with Gasteiger partial charge in [-0.3, -0.25) is 4.79 Å². The zero-order valence-corrected chi connectivity index (χ0v) is 14.4. The van der Waals surface area contributed by atoms with E-state index in [0.717, 1.165) is 6.42 Å². The summed E-state index contributed by atoms with van der Waals surface area (Å²) in [6, 6.07) is 0. The molecule has 2 saturated heterocycles. The van der Waals surface area contributed by atoms with Gasteiger partial charge in [-0.1, -0.05) is 23.7 Å². The number of ether oxygens (including phenoxy) is 2. The molecule has 3 unspecified atom stereocenters. The molecule has 0 amide bonds. The second-order valence-corrected chi connectivity index (χ2v) is 6.55. The second-order valence-electron chi connectivity index (χ2n) is 6.30. The van der Waals surface area contributed by atoms with Crippen LogP contribution in [0.3, 0.4) is 0 Å². The number of carbonyl (C=O) groups excluding carboxylic acids is 1. The lowest BCUT2D eigenvalue weighted by Gasteiger charge is -2.30. The number of halogens is 1. The highest BCUT2D eigenvalue weighted by Gasteiger charge is 2.63. The van der Waals surface area contributed by atoms with E-state index in [0.29, 0.717) is 38.2 Å². The average Bonchev–Trinajstić information content (AvgIpc) is 3.32. The van der Waals surface area contributed by atoms with Gasteiger partial charge in [-0.15, -0.1) is 0 Å². The first-order valence-corrected chi connectivity index (χ1v) is 8.71. The third kappa shape index (κ3) is 3.23. The van der Waals surface area contributed by atoms with Crippen LogP contribution in [0.4, 0.5) is 0 Å². The number of fused-ring (bicyclic) bond motifs is 1. The molecule has 0 aromatic heterocycles. The van der Waals surface area contributed by atoms with E-state index >= 15 is 0 Å². The first kappa shape index (κ1) is 17.5. The number of hydrogen-bond donors (Lipinski definition) is 1. The van der Waals surface area contributed by atoms with Crippen LogP contribution >= 0.6 is 11.6 Å². The normalized spacial score (nSPS) is 33.8. The van der Waals surface area contributed by atoms with Crippen molar-refractivity contribution in [2.45, 2.75) is 44.3 Å². The Hall–Kier alpha value is -1.37. The fraction of sp³-hybridized carbons (Fsp3) is 0.647. The zero-order chi connectivity index (χ0) is 17.2. The minimum atomic E-state index is -0.390. The van der Waals surface area contributed by atoms with Gasteiger partial charge in [0.25, 0.3) is 0 Å². The van der Waals surface area contributed by atoms with Crippen molar-refractivity contribution in [3.05, 3.63) is 22.9 Å². The van der Waals surface area contributed by atoms with Crippen molar-refractivity contribution in [2.24, 2.45) is 11.1 Å². The monoisotopic (exact) mass is 355 g/mol. The molecule has 3 aliphatic rings. The van der Waals surface area contributed by atoms with Crippen molar-refractivity contribution >= 4 is 23.1 Å². The third-order valence-electron chi connectivity index (χ3n) is 4.89. The van der Waals surface area contributed by atoms with Crippen LogP contribution in [0, 0.1) is 5.92 Å². The molecule has 3 atom stereocenters. The quantitative estimate of drug-likeness (QED) is 0.343. The van der Waals surface area contributed by atoms with Crippen LogP contribution in [0.15, 0.2) is 28.1 Å². The van der Waals surface area contributed by atoms with Gasteiger partial charge in [-0.05, 0) is 18.9 Å². The molecule has 0 aromatic rings. The van der Waals surface area contributed by atoms with Crippen LogP contribution in [0.2, 0.25) is 0 Å². The first-order valence-electron chi connectivity index (χ1n) is 8.27. The van der Waals surface area contributed by atoms with Crippen molar-refractivity contribution < 1.29 is 24.2 Å². The van der Waals surface area contributed by atoms with Gasteiger partial charge in [0.05, 0.1) is 24.0 Å². The van der Waals surface area contributed by atoms with Crippen LogP contribution in [-0.4, -0.2) is 48.1 Å². The SMILES string of the molecule is CCC(=NOC/C=C/Cl)C1=C(O)CC(C23COCCC2O3)CC1=O. The summed E-state index contributed by atoms with van der Waals surface area (Å²) in [6.07, 6.45) is 3.84. The lowest BCUT2D eigenvalue weighted by molar-refractivity contribution is -0.117. The molecule has 7 heteroatoms. The molecular weight excluding hydrogens is 334 g/mol. The molecule has 0 bridgehead atoms. The van der Waals surface area contributed by atoms with Crippen LogP contribution in [0.1, 0.15) is 32.6 Å². The average molecular weight is 356 g/mol. The maximum atomic E-state index is 12.6. The van der Waals surface area contributed by atoms with Crippen molar-refractivity contribution in [1.82, 2.24) is 0 Å². The highest BCUT2D eigenvalue weighted by atomic mass is 35.5. The summed E-state index contributed by atoms with van der Waals surface area (Å²) in [6.45, 7) is 3.28. The number of nitrogens with zero attached hydrogens (tertiary/aromatic N) is 1. The van der Waals surface area contributed by atoms with E-state index in [1.807, 2.05) is 6.92 Å². The number of rotatable bonds is 6. The molecule has 0 radical (unpaired) electrons. The van der Waals surface area contributed by atoms with Gasteiger partial charge in [0, 0.05) is 30.9 Å². The van der Waals surface area contributed by atoms with Crippen molar-refractivity contribution in [2.75, 3.05) is 19.8 Å². The third-order valence-corrected chi connectivity index (χ3v) is 5.07. The van der Waals surface area contributed by atoms with Gasteiger partial charge in [0.15, 0.2) is 5.78 Å². The van der Waals surface area contributed by atoms with E-state index in [-0.39, 0.29) is 35.7 Å². The number of oxime groups is 1. The molecule has 2 heterocycles. The summed E-state index contributed by atoms with van der Waals surface area (Å²) in [5.41, 5.74) is 1.70. The van der Waals surface area contributed by atoms with Crippen molar-refractivity contribution in [1.29, 1.82) is 0 Å². The smallest absolute Gasteiger partial charge is 0.168 e. The Morgan fingerprint density at radius 3 is 3.04 bits per heavy atom. The number of hydrogen-bond acceptors (Lipinski definition) is 6. The largest absolute Gasteiger partial charge is 0.511 e. The summed E-state index contributed by atoms with van der Waals surface area (Å²) in [7, 11) is 0. The molecular formula is C17H22ClNO5. The van der Waals surface area contributed by atoms with E-state index in [4.69, 9.17) is 25.9 Å². The van der Waals surface area contributed by atoms with Crippen LogP contribution in [0.5, 0.6) is 0 Å². The lowest BCUT2D eigenvalue weighted by atomic mass is 9.75. The topological polar surface area (TPSA) is 80.7 Å². The molecule has 1 N–H and O–H groups in total. The maximum absolute atomic E-state index is 12.6. The number of aliphatic hydroxyl groups excluding tert-OH is 1. The second kappa shape index (κ2) is 7.25. The number of epoxide rings is 1. The van der Waals surface area contributed by atoms with E-state index in [9.17, 15) is 9.90 Å². The summed E-state index contributed by atoms with van der Waals surface area (Å²) in [5, 5.41) is 14.5. The van der Waals surface area contributed by atoms with Gasteiger partial charge < -0.3 is 19.4 Å². The Morgan fingerprint density at radius 2 is 2.38 bits per heavy atom. The molecule has 0 spiro atoms. The van der Waals surface area contributed by atoms with Gasteiger partial charge >= 0.3 is 0 Å². The minimum Gasteiger partial charge on any atom is -0.511 e. The lowest BCUT2D eigenvalue weighted by Crippen LogP contribution is -2.40. The molecule has 0 saturated carbocycles.